The van der Waals surface area contributed by atoms with Gasteiger partial charge in [0.05, 0.1) is 21.5 Å². The molecule has 1 aromatic heterocycles. The summed E-state index contributed by atoms with van der Waals surface area (Å²) in [6, 6.07) is 6.18. The van der Waals surface area contributed by atoms with Crippen molar-refractivity contribution in [1.29, 1.82) is 0 Å². The van der Waals surface area contributed by atoms with E-state index in [2.05, 4.69) is 51.1 Å². The maximum atomic E-state index is 5.83. The Morgan fingerprint density at radius 3 is 3.11 bits per heavy atom. The first-order valence-corrected chi connectivity index (χ1v) is 10.4. The Bertz CT molecular complexity index is 1070. The van der Waals surface area contributed by atoms with Gasteiger partial charge in [-0.05, 0) is 29.8 Å². The zero-order chi connectivity index (χ0) is 19.5. The van der Waals surface area contributed by atoms with E-state index < -0.39 is 0 Å². The quantitative estimate of drug-likeness (QED) is 0.578. The summed E-state index contributed by atoms with van der Waals surface area (Å²) in [6.07, 6.45) is 7.89. The minimum Gasteiger partial charge on any atom is -0.386 e. The van der Waals surface area contributed by atoms with Crippen molar-refractivity contribution in [3.8, 4) is 0 Å². The second kappa shape index (κ2) is 8.04. The summed E-state index contributed by atoms with van der Waals surface area (Å²) in [5, 5.41) is 4.28. The molecule has 0 bridgehead atoms. The summed E-state index contributed by atoms with van der Waals surface area (Å²) in [5.41, 5.74) is 11.9. The molecule has 0 saturated heterocycles. The second-order valence-corrected chi connectivity index (χ2v) is 8.22. The number of hydrogen-bond acceptors (Lipinski definition) is 7. The molecule has 0 saturated carbocycles. The van der Waals surface area contributed by atoms with Gasteiger partial charge in [-0.1, -0.05) is 24.4 Å². The van der Waals surface area contributed by atoms with Crippen LogP contribution in [0.15, 0.2) is 80.5 Å². The average molecular weight is 409 g/mol. The summed E-state index contributed by atoms with van der Waals surface area (Å²) >= 11 is 3.28. The molecule has 8 heteroatoms. The third kappa shape index (κ3) is 3.88. The molecular formula is C20H20N6S2. The number of aromatic nitrogens is 1. The first kappa shape index (κ1) is 18.5. The fourth-order valence-electron chi connectivity index (χ4n) is 2.93. The summed E-state index contributed by atoms with van der Waals surface area (Å²) < 4.78 is 1.18. The lowest BCUT2D eigenvalue weighted by atomic mass is 10.2. The van der Waals surface area contributed by atoms with E-state index >= 15 is 0 Å². The number of allylic oxidation sites excluding steroid dienone is 1. The van der Waals surface area contributed by atoms with Crippen LogP contribution >= 0.6 is 23.1 Å². The number of hydrogen-bond donors (Lipinski definition) is 2. The number of rotatable bonds is 5. The number of aliphatic imine (C=N–C) groups is 2. The van der Waals surface area contributed by atoms with Crippen molar-refractivity contribution in [2.45, 2.75) is 0 Å². The normalized spacial score (nSPS) is 19.8. The Labute approximate surface area is 172 Å². The molecule has 0 atom stereocenters. The van der Waals surface area contributed by atoms with Crippen molar-refractivity contribution in [2.24, 2.45) is 15.7 Å². The molecule has 0 amide bonds. The maximum absolute atomic E-state index is 5.83. The van der Waals surface area contributed by atoms with E-state index in [9.17, 15) is 0 Å². The van der Waals surface area contributed by atoms with Crippen molar-refractivity contribution in [3.05, 3.63) is 70.5 Å². The van der Waals surface area contributed by atoms with Gasteiger partial charge in [-0.15, -0.1) is 11.3 Å². The molecule has 2 aromatic rings. The molecule has 28 heavy (non-hydrogen) atoms. The Balaban J connectivity index is 1.57. The molecule has 0 unspecified atom stereocenters. The molecule has 2 aliphatic heterocycles. The van der Waals surface area contributed by atoms with E-state index in [1.54, 1.807) is 36.5 Å². The number of benzene rings is 1. The third-order valence-corrected chi connectivity index (χ3v) is 6.34. The van der Waals surface area contributed by atoms with Crippen molar-refractivity contribution in [1.82, 2.24) is 9.88 Å². The first-order valence-electron chi connectivity index (χ1n) is 8.71. The van der Waals surface area contributed by atoms with Crippen LogP contribution in [0.4, 0.5) is 5.69 Å². The Morgan fingerprint density at radius 1 is 1.43 bits per heavy atom. The van der Waals surface area contributed by atoms with Crippen LogP contribution in [0.3, 0.4) is 0 Å². The zero-order valence-electron chi connectivity index (χ0n) is 15.4. The number of nitrogens with one attached hydrogen (secondary N) is 1. The molecule has 0 spiro atoms. The van der Waals surface area contributed by atoms with Crippen LogP contribution in [0, 0.1) is 0 Å². The lowest BCUT2D eigenvalue weighted by molar-refractivity contribution is 0.436. The summed E-state index contributed by atoms with van der Waals surface area (Å²) in [6.45, 7) is 5.38. The summed E-state index contributed by atoms with van der Waals surface area (Å²) in [5.74, 6) is 0.594. The van der Waals surface area contributed by atoms with Gasteiger partial charge in [-0.25, -0.2) is 9.98 Å². The molecule has 6 nitrogen and oxygen atoms in total. The van der Waals surface area contributed by atoms with Gasteiger partial charge in [0.15, 0.2) is 0 Å². The third-order valence-electron chi connectivity index (χ3n) is 4.40. The molecule has 0 radical (unpaired) electrons. The van der Waals surface area contributed by atoms with Gasteiger partial charge in [0.2, 0.25) is 0 Å². The predicted molar refractivity (Wildman–Crippen MR) is 122 cm³/mol. The van der Waals surface area contributed by atoms with E-state index in [-0.39, 0.29) is 0 Å². The molecular weight excluding hydrogens is 388 g/mol. The fourth-order valence-corrected chi connectivity index (χ4v) is 4.60. The van der Waals surface area contributed by atoms with Gasteiger partial charge in [0.25, 0.3) is 0 Å². The lowest BCUT2D eigenvalue weighted by Gasteiger charge is -2.17. The van der Waals surface area contributed by atoms with Crippen LogP contribution in [0.25, 0.3) is 10.2 Å². The number of nitrogens with two attached hydrogens (primary N) is 1. The van der Waals surface area contributed by atoms with Crippen molar-refractivity contribution < 1.29 is 0 Å². The second-order valence-electron chi connectivity index (χ2n) is 6.30. The zero-order valence-corrected chi connectivity index (χ0v) is 17.1. The summed E-state index contributed by atoms with van der Waals surface area (Å²) in [4.78, 5) is 16.1. The van der Waals surface area contributed by atoms with Crippen LogP contribution < -0.4 is 11.1 Å². The highest BCUT2D eigenvalue weighted by atomic mass is 32.2. The van der Waals surface area contributed by atoms with E-state index in [1.165, 1.54) is 15.2 Å². The van der Waals surface area contributed by atoms with E-state index in [4.69, 9.17) is 5.73 Å². The fraction of sp³-hybridized carbons (Fsp3) is 0.150. The minimum absolute atomic E-state index is 0.594. The highest BCUT2D eigenvalue weighted by Crippen LogP contribution is 2.38. The summed E-state index contributed by atoms with van der Waals surface area (Å²) in [7, 11) is 1.72. The van der Waals surface area contributed by atoms with Gasteiger partial charge in [-0.2, -0.15) is 0 Å². The Morgan fingerprint density at radius 2 is 2.32 bits per heavy atom. The van der Waals surface area contributed by atoms with Gasteiger partial charge >= 0.3 is 0 Å². The predicted octanol–water partition coefficient (Wildman–Crippen LogP) is 3.95. The van der Waals surface area contributed by atoms with E-state index in [1.807, 2.05) is 22.7 Å². The lowest BCUT2D eigenvalue weighted by Crippen LogP contribution is -2.24. The molecule has 0 aliphatic carbocycles. The highest BCUT2D eigenvalue weighted by molar-refractivity contribution is 8.18. The Kier molecular flexibility index (Phi) is 5.31. The number of thioether (sulfide) groups is 1. The van der Waals surface area contributed by atoms with Gasteiger partial charge in [0, 0.05) is 42.5 Å². The van der Waals surface area contributed by atoms with Gasteiger partial charge < -0.3 is 16.0 Å². The molecule has 3 heterocycles. The highest BCUT2D eigenvalue weighted by Gasteiger charge is 2.24. The molecule has 142 valence electrons. The van der Waals surface area contributed by atoms with E-state index in [0.717, 1.165) is 34.9 Å². The number of fused-ring (bicyclic) bond motifs is 1. The molecule has 1 aromatic carbocycles. The maximum Gasteiger partial charge on any atom is 0.111 e. The number of nitrogens with zero attached hydrogens (tertiary/aromatic N) is 4. The topological polar surface area (TPSA) is 78.9 Å². The molecule has 0 fully saturated rings. The van der Waals surface area contributed by atoms with Crippen LogP contribution in [-0.2, 0) is 0 Å². The van der Waals surface area contributed by atoms with Crippen LogP contribution in [-0.4, -0.2) is 41.4 Å². The molecule has 3 N–H and O–H groups in total. The minimum atomic E-state index is 0.594. The Hall–Kier alpha value is -2.84. The van der Waals surface area contributed by atoms with Gasteiger partial charge in [0.1, 0.15) is 11.4 Å². The van der Waals surface area contributed by atoms with Crippen molar-refractivity contribution in [2.75, 3.05) is 25.5 Å². The van der Waals surface area contributed by atoms with Crippen LogP contribution in [0.1, 0.15) is 0 Å². The van der Waals surface area contributed by atoms with Crippen LogP contribution in [0.5, 0.6) is 0 Å². The molecule has 4 rings (SSSR count). The van der Waals surface area contributed by atoms with Gasteiger partial charge in [-0.3, -0.25) is 4.99 Å². The standard InChI is InChI=1S/C20H20N6S2/c1-13(21)26-6-5-14(10-26)19-7-15(20(28-19)24-11-22-2)9-23-16-3-4-18-17(8-16)25-12-27-18/h3-5,7-9,11-12,23H,1,6,10,21H2,2H3/b15-9+,22-11-,24-20+. The van der Waals surface area contributed by atoms with Crippen LogP contribution in [0.2, 0.25) is 0 Å². The van der Waals surface area contributed by atoms with Crippen molar-refractivity contribution >= 4 is 50.4 Å². The largest absolute Gasteiger partial charge is 0.386 e. The first-order chi connectivity index (χ1) is 13.6. The number of anilines is 1. The number of thiazole rings is 1. The molecule has 2 aliphatic rings. The smallest absolute Gasteiger partial charge is 0.111 e. The monoisotopic (exact) mass is 408 g/mol. The SMILES string of the molecule is C=C(N)N1CC=C(C2=CC(=C\Nc3ccc4scnc4c3)/C(=N\C=N/C)S2)C1. The van der Waals surface area contributed by atoms with Crippen molar-refractivity contribution in [3.63, 3.8) is 0 Å². The van der Waals surface area contributed by atoms with E-state index in [0.29, 0.717) is 5.82 Å². The average Bonchev–Trinajstić information content (AvgIpc) is 3.43.